The van der Waals surface area contributed by atoms with Crippen molar-refractivity contribution in [2.24, 2.45) is 0 Å². The predicted octanol–water partition coefficient (Wildman–Crippen LogP) is 3.38. The molecule has 5 heteroatoms. The summed E-state index contributed by atoms with van der Waals surface area (Å²) in [6.45, 7) is 1.93. The van der Waals surface area contributed by atoms with E-state index in [1.807, 2.05) is 6.07 Å². The van der Waals surface area contributed by atoms with Crippen LogP contribution in [0.1, 0.15) is 6.92 Å². The van der Waals surface area contributed by atoms with Crippen LogP contribution in [0.25, 0.3) is 0 Å². The molecule has 0 aliphatic carbocycles. The number of benzene rings is 1. The zero-order chi connectivity index (χ0) is 11.4. The highest BCUT2D eigenvalue weighted by molar-refractivity contribution is 6.63. The van der Waals surface area contributed by atoms with Gasteiger partial charge in [-0.05, 0) is 19.1 Å². The van der Waals surface area contributed by atoms with Gasteiger partial charge in [-0.15, -0.1) is 0 Å². The van der Waals surface area contributed by atoms with Crippen molar-refractivity contribution in [3.8, 4) is 5.75 Å². The summed E-state index contributed by atoms with van der Waals surface area (Å²) in [4.78, 5) is 0. The Morgan fingerprint density at radius 1 is 1.14 bits per heavy atom. The Labute approximate surface area is 99.0 Å². The van der Waals surface area contributed by atoms with Gasteiger partial charge in [-0.1, -0.05) is 53.0 Å². The SMILES string of the molecule is CCO.ClC(Cl)Cl.Oc1ccccc1. The lowest BCUT2D eigenvalue weighted by Gasteiger charge is -1.82. The molecule has 0 atom stereocenters. The van der Waals surface area contributed by atoms with Crippen LogP contribution >= 0.6 is 34.8 Å². The van der Waals surface area contributed by atoms with Crippen LogP contribution < -0.4 is 0 Å². The fourth-order valence-electron chi connectivity index (χ4n) is 0.428. The second-order valence-electron chi connectivity index (χ2n) is 1.90. The number of aliphatic hydroxyl groups is 1. The van der Waals surface area contributed by atoms with Crippen LogP contribution in [0, 0.1) is 0 Å². The lowest BCUT2D eigenvalue weighted by atomic mass is 10.3. The van der Waals surface area contributed by atoms with Crippen LogP contribution in [0.15, 0.2) is 30.3 Å². The highest BCUT2D eigenvalue weighted by atomic mass is 35.6. The second kappa shape index (κ2) is 12.8. The molecule has 0 aromatic heterocycles. The Bertz CT molecular complexity index is 190. The molecule has 0 saturated carbocycles. The van der Waals surface area contributed by atoms with Gasteiger partial charge in [0.25, 0.3) is 0 Å². The molecule has 2 N–H and O–H groups in total. The number of para-hydroxylation sites is 1. The first-order valence-corrected chi connectivity index (χ1v) is 5.12. The summed E-state index contributed by atoms with van der Waals surface area (Å²) in [7, 11) is 0. The minimum atomic E-state index is -0.750. The van der Waals surface area contributed by atoms with Crippen LogP contribution in [-0.2, 0) is 0 Å². The summed E-state index contributed by atoms with van der Waals surface area (Å²) in [6, 6.07) is 8.71. The standard InChI is InChI=1S/C6H6O.C2H6O.CHCl3/c7-6-4-2-1-3-5-6;1-2-3;2-1(3)4/h1-5,7H;3H,2H2,1H3;1H. The smallest absolute Gasteiger partial charge is 0.180 e. The van der Waals surface area contributed by atoms with Gasteiger partial charge >= 0.3 is 0 Å². The van der Waals surface area contributed by atoms with Gasteiger partial charge in [-0.3, -0.25) is 0 Å². The van der Waals surface area contributed by atoms with Gasteiger partial charge in [0, 0.05) is 6.61 Å². The number of halogens is 3. The van der Waals surface area contributed by atoms with Gasteiger partial charge in [0.15, 0.2) is 4.30 Å². The molecule has 0 aliphatic rings. The van der Waals surface area contributed by atoms with Gasteiger partial charge in [0.05, 0.1) is 0 Å². The van der Waals surface area contributed by atoms with Crippen molar-refractivity contribution in [1.29, 1.82) is 0 Å². The maximum atomic E-state index is 8.63. The molecule has 0 spiro atoms. The Morgan fingerprint density at radius 3 is 1.57 bits per heavy atom. The molecule has 2 nitrogen and oxygen atoms in total. The van der Waals surface area contributed by atoms with Crippen LogP contribution in [0.3, 0.4) is 0 Å². The minimum absolute atomic E-state index is 0.250. The third-order valence-electron chi connectivity index (χ3n) is 0.756. The molecule has 0 fully saturated rings. The largest absolute Gasteiger partial charge is 0.508 e. The maximum absolute atomic E-state index is 8.63. The molecule has 0 amide bonds. The number of aromatic hydroxyl groups is 1. The third kappa shape index (κ3) is 22.6. The number of alkyl halides is 3. The van der Waals surface area contributed by atoms with E-state index in [2.05, 4.69) is 0 Å². The molecule has 0 heterocycles. The van der Waals surface area contributed by atoms with Gasteiger partial charge < -0.3 is 10.2 Å². The van der Waals surface area contributed by atoms with Gasteiger partial charge in [-0.2, -0.15) is 0 Å². The summed E-state index contributed by atoms with van der Waals surface area (Å²) >= 11 is 14.4. The summed E-state index contributed by atoms with van der Waals surface area (Å²) < 4.78 is -0.750. The monoisotopic (exact) mass is 258 g/mol. The van der Waals surface area contributed by atoms with Crippen LogP contribution in [-0.4, -0.2) is 21.1 Å². The van der Waals surface area contributed by atoms with E-state index in [-0.39, 0.29) is 6.61 Å². The highest BCUT2D eigenvalue weighted by Gasteiger charge is 1.79. The highest BCUT2D eigenvalue weighted by Crippen LogP contribution is 2.03. The molecular formula is C9H13Cl3O2. The minimum Gasteiger partial charge on any atom is -0.508 e. The number of hydrogen-bond acceptors (Lipinski definition) is 2. The molecule has 1 rings (SSSR count). The zero-order valence-corrected chi connectivity index (χ0v) is 9.97. The van der Waals surface area contributed by atoms with E-state index in [1.54, 1.807) is 31.2 Å². The van der Waals surface area contributed by atoms with E-state index in [0.29, 0.717) is 5.75 Å². The van der Waals surface area contributed by atoms with Crippen LogP contribution in [0.5, 0.6) is 5.75 Å². The average Bonchev–Trinajstić information content (AvgIpc) is 2.05. The van der Waals surface area contributed by atoms with Crippen LogP contribution in [0.2, 0.25) is 0 Å². The van der Waals surface area contributed by atoms with E-state index in [0.717, 1.165) is 0 Å². The van der Waals surface area contributed by atoms with E-state index in [4.69, 9.17) is 45.0 Å². The van der Waals surface area contributed by atoms with Crippen molar-refractivity contribution in [2.45, 2.75) is 11.2 Å². The van der Waals surface area contributed by atoms with Crippen molar-refractivity contribution in [2.75, 3.05) is 6.61 Å². The number of aliphatic hydroxyl groups excluding tert-OH is 1. The normalized spacial score (nSPS) is 8.14. The molecule has 0 radical (unpaired) electrons. The molecule has 0 unspecified atom stereocenters. The number of hydrogen-bond donors (Lipinski definition) is 2. The van der Waals surface area contributed by atoms with E-state index < -0.39 is 4.30 Å². The van der Waals surface area contributed by atoms with Gasteiger partial charge in [-0.25, -0.2) is 0 Å². The van der Waals surface area contributed by atoms with Crippen molar-refractivity contribution in [1.82, 2.24) is 0 Å². The molecule has 0 aliphatic heterocycles. The quantitative estimate of drug-likeness (QED) is 0.701. The van der Waals surface area contributed by atoms with Crippen LogP contribution in [0.4, 0.5) is 0 Å². The molecule has 0 bridgehead atoms. The Morgan fingerprint density at radius 2 is 1.43 bits per heavy atom. The Balaban J connectivity index is 0. The first-order valence-electron chi connectivity index (χ1n) is 3.81. The number of phenolic OH excluding ortho intramolecular Hbond substituents is 1. The van der Waals surface area contributed by atoms with Gasteiger partial charge in [0.2, 0.25) is 0 Å². The van der Waals surface area contributed by atoms with Crippen molar-refractivity contribution >= 4 is 34.8 Å². The van der Waals surface area contributed by atoms with E-state index in [1.165, 1.54) is 0 Å². The predicted molar refractivity (Wildman–Crippen MR) is 62.2 cm³/mol. The molecule has 1 aromatic carbocycles. The summed E-state index contributed by atoms with van der Waals surface area (Å²) in [6.07, 6.45) is 0. The van der Waals surface area contributed by atoms with Crippen molar-refractivity contribution < 1.29 is 10.2 Å². The summed E-state index contributed by atoms with van der Waals surface area (Å²) in [5.41, 5.74) is 0. The molecule has 0 saturated heterocycles. The van der Waals surface area contributed by atoms with E-state index >= 15 is 0 Å². The zero-order valence-electron chi connectivity index (χ0n) is 7.70. The van der Waals surface area contributed by atoms with Crippen molar-refractivity contribution in [3.63, 3.8) is 0 Å². The van der Waals surface area contributed by atoms with Crippen molar-refractivity contribution in [3.05, 3.63) is 30.3 Å². The number of phenols is 1. The summed E-state index contributed by atoms with van der Waals surface area (Å²) in [5.74, 6) is 0.322. The number of rotatable bonds is 0. The fraction of sp³-hybridized carbons (Fsp3) is 0.333. The molecule has 1 aromatic rings. The lowest BCUT2D eigenvalue weighted by molar-refractivity contribution is 0.318. The molecule has 14 heavy (non-hydrogen) atoms. The van der Waals surface area contributed by atoms with Gasteiger partial charge in [0.1, 0.15) is 5.75 Å². The molecule has 82 valence electrons. The Hall–Kier alpha value is -0.150. The third-order valence-corrected chi connectivity index (χ3v) is 0.756. The first kappa shape index (κ1) is 16.3. The topological polar surface area (TPSA) is 40.5 Å². The Kier molecular flexibility index (Phi) is 14.9. The lowest BCUT2D eigenvalue weighted by Crippen LogP contribution is -1.57. The molecular weight excluding hydrogens is 246 g/mol. The summed E-state index contributed by atoms with van der Waals surface area (Å²) in [5, 5.41) is 16.2. The maximum Gasteiger partial charge on any atom is 0.180 e. The second-order valence-corrected chi connectivity index (χ2v) is 3.88. The first-order chi connectivity index (χ1) is 6.54. The average molecular weight is 260 g/mol. The van der Waals surface area contributed by atoms with E-state index in [9.17, 15) is 0 Å². The fourth-order valence-corrected chi connectivity index (χ4v) is 0.428.